The predicted molar refractivity (Wildman–Crippen MR) is 123 cm³/mol. The van der Waals surface area contributed by atoms with Crippen LogP contribution >= 0.6 is 7.28 Å². The van der Waals surface area contributed by atoms with Crippen LogP contribution in [0.1, 0.15) is 23.6 Å². The number of hydrogen-bond donors (Lipinski definition) is 1. The van der Waals surface area contributed by atoms with Gasteiger partial charge in [-0.1, -0.05) is 0 Å². The van der Waals surface area contributed by atoms with Crippen molar-refractivity contribution in [2.45, 2.75) is 27.7 Å². The molecule has 0 heterocycles. The topological polar surface area (TPSA) is 55.8 Å². The molecule has 1 N–H and O–H groups in total. The number of hydrogen-bond acceptors (Lipinski definition) is 4. The van der Waals surface area contributed by atoms with Crippen LogP contribution in [0.2, 0.25) is 0 Å². The second kappa shape index (κ2) is 8.06. The molecule has 0 unspecified atom stereocenters. The molecule has 156 valence electrons. The molecule has 0 aliphatic rings. The van der Waals surface area contributed by atoms with Gasteiger partial charge in [-0.3, -0.25) is 0 Å². The SMILES string of the molecule is C=C(C)C(=O)OP(O)(Oc1ccccc1C)(c1ccccc1C)c1ccccc1C. The zero-order chi connectivity index (χ0) is 22.0. The third-order valence-electron chi connectivity index (χ3n) is 5.04. The van der Waals surface area contributed by atoms with Gasteiger partial charge in [-0.05, 0) is 0 Å². The molecule has 4 nitrogen and oxygen atoms in total. The Balaban J connectivity index is 2.44. The van der Waals surface area contributed by atoms with Crippen LogP contribution in [0, 0.1) is 20.8 Å². The van der Waals surface area contributed by atoms with Crippen molar-refractivity contribution in [2.24, 2.45) is 0 Å². The molecule has 0 fully saturated rings. The van der Waals surface area contributed by atoms with E-state index in [4.69, 9.17) is 9.05 Å². The molecule has 0 saturated heterocycles. The monoisotopic (exact) mass is 422 g/mol. The predicted octanol–water partition coefficient (Wildman–Crippen LogP) is 5.05. The number of benzene rings is 3. The van der Waals surface area contributed by atoms with Gasteiger partial charge in [0.2, 0.25) is 0 Å². The zero-order valence-corrected chi connectivity index (χ0v) is 18.6. The minimum atomic E-state index is -4.96. The van der Waals surface area contributed by atoms with Crippen LogP contribution in [0.4, 0.5) is 0 Å². The number of carbonyl (C=O) groups is 1. The first-order valence-corrected chi connectivity index (χ1v) is 11.7. The summed E-state index contributed by atoms with van der Waals surface area (Å²) in [5, 5.41) is 0.881. The normalized spacial score (nSPS) is 12.5. The van der Waals surface area contributed by atoms with E-state index in [1.807, 2.05) is 63.2 Å². The van der Waals surface area contributed by atoms with Crippen LogP contribution in [0.3, 0.4) is 0 Å². The second-order valence-electron chi connectivity index (χ2n) is 7.50. The molecule has 0 spiro atoms. The van der Waals surface area contributed by atoms with E-state index in [0.29, 0.717) is 16.4 Å². The van der Waals surface area contributed by atoms with Gasteiger partial charge in [0.15, 0.2) is 0 Å². The fourth-order valence-corrected chi connectivity index (χ4v) is 7.24. The minimum absolute atomic E-state index is 0.175. The summed E-state index contributed by atoms with van der Waals surface area (Å²) in [5.41, 5.74) is 2.50. The zero-order valence-electron chi connectivity index (χ0n) is 17.8. The Bertz CT molecular complexity index is 1070. The quantitative estimate of drug-likeness (QED) is 0.446. The number of aryl methyl sites for hydroxylation is 3. The first-order chi connectivity index (χ1) is 14.2. The summed E-state index contributed by atoms with van der Waals surface area (Å²) in [6, 6.07) is 21.9. The number of rotatable bonds is 6. The number of carbonyl (C=O) groups excluding carboxylic acids is 1. The Hall–Kier alpha value is -2.94. The van der Waals surface area contributed by atoms with E-state index in [-0.39, 0.29) is 5.57 Å². The molecule has 30 heavy (non-hydrogen) atoms. The standard InChI is InChI=1S/C25H27O4P/c1-18(2)25(26)29-30(27,23-16-10-7-13-20(23)4,24-17-11-8-14-21(24)5)28-22-15-9-6-12-19(22)3/h6-17,27H,1H2,2-5H3. The van der Waals surface area contributed by atoms with E-state index >= 15 is 0 Å². The Labute approximate surface area is 178 Å². The van der Waals surface area contributed by atoms with Crippen LogP contribution in [-0.2, 0) is 9.32 Å². The summed E-state index contributed by atoms with van der Waals surface area (Å²) in [6.07, 6.45) is 0. The number of para-hydroxylation sites is 1. The molecule has 0 amide bonds. The maximum atomic E-state index is 12.9. The van der Waals surface area contributed by atoms with Gasteiger partial charge in [-0.15, -0.1) is 0 Å². The van der Waals surface area contributed by atoms with Crippen LogP contribution in [0.25, 0.3) is 0 Å². The van der Waals surface area contributed by atoms with Crippen molar-refractivity contribution in [1.82, 2.24) is 0 Å². The van der Waals surface area contributed by atoms with Crippen LogP contribution in [0.5, 0.6) is 5.75 Å². The van der Waals surface area contributed by atoms with Gasteiger partial charge >= 0.3 is 178 Å². The molecule has 3 rings (SSSR count). The molecular formula is C25H27O4P. The molecule has 0 radical (unpaired) electrons. The molecule has 5 heteroatoms. The van der Waals surface area contributed by atoms with Crippen molar-refractivity contribution in [1.29, 1.82) is 0 Å². The van der Waals surface area contributed by atoms with E-state index in [9.17, 15) is 9.69 Å². The maximum absolute atomic E-state index is 12.9. The van der Waals surface area contributed by atoms with Gasteiger partial charge in [-0.2, -0.15) is 0 Å². The molecule has 0 aliphatic carbocycles. The molecule has 3 aromatic carbocycles. The molecule has 3 aromatic rings. The summed E-state index contributed by atoms with van der Waals surface area (Å²) in [5.74, 6) is -0.269. The third-order valence-corrected chi connectivity index (χ3v) is 8.79. The van der Waals surface area contributed by atoms with Crippen molar-refractivity contribution in [3.8, 4) is 5.75 Å². The fraction of sp³-hybridized carbons (Fsp3) is 0.160. The van der Waals surface area contributed by atoms with Crippen molar-refractivity contribution in [3.05, 3.63) is 102 Å². The Morgan fingerprint density at radius 1 is 0.800 bits per heavy atom. The Morgan fingerprint density at radius 3 is 1.67 bits per heavy atom. The average molecular weight is 422 g/mol. The van der Waals surface area contributed by atoms with E-state index in [1.54, 1.807) is 37.3 Å². The summed E-state index contributed by atoms with van der Waals surface area (Å²) < 4.78 is 12.5. The Morgan fingerprint density at radius 2 is 1.23 bits per heavy atom. The Kier molecular flexibility index (Phi) is 5.85. The summed E-state index contributed by atoms with van der Waals surface area (Å²) in [4.78, 5) is 25.6. The van der Waals surface area contributed by atoms with Gasteiger partial charge in [0, 0.05) is 0 Å². The van der Waals surface area contributed by atoms with Crippen molar-refractivity contribution >= 4 is 23.9 Å². The van der Waals surface area contributed by atoms with Gasteiger partial charge in [-0.25, -0.2) is 0 Å². The molecule has 0 aliphatic heterocycles. The van der Waals surface area contributed by atoms with E-state index in [2.05, 4.69) is 6.58 Å². The molecular weight excluding hydrogens is 395 g/mol. The van der Waals surface area contributed by atoms with Crippen LogP contribution in [0.15, 0.2) is 84.9 Å². The van der Waals surface area contributed by atoms with Crippen molar-refractivity contribution < 1.29 is 18.7 Å². The van der Waals surface area contributed by atoms with Crippen molar-refractivity contribution in [3.63, 3.8) is 0 Å². The molecule has 0 atom stereocenters. The molecule has 0 aromatic heterocycles. The third kappa shape index (κ3) is 3.77. The van der Waals surface area contributed by atoms with E-state index in [1.165, 1.54) is 0 Å². The van der Waals surface area contributed by atoms with Crippen molar-refractivity contribution in [2.75, 3.05) is 0 Å². The van der Waals surface area contributed by atoms with Crippen LogP contribution in [-0.4, -0.2) is 10.9 Å². The molecule has 0 saturated carbocycles. The average Bonchev–Trinajstić information content (AvgIpc) is 2.70. The summed E-state index contributed by atoms with van der Waals surface area (Å²) >= 11 is 0. The van der Waals surface area contributed by atoms with E-state index in [0.717, 1.165) is 16.7 Å². The van der Waals surface area contributed by atoms with Crippen LogP contribution < -0.4 is 15.1 Å². The van der Waals surface area contributed by atoms with Gasteiger partial charge in [0.1, 0.15) is 0 Å². The summed E-state index contributed by atoms with van der Waals surface area (Å²) in [6.45, 7) is 10.9. The van der Waals surface area contributed by atoms with Gasteiger partial charge < -0.3 is 0 Å². The first-order valence-electron chi connectivity index (χ1n) is 9.71. The first kappa shape index (κ1) is 21.8. The van der Waals surface area contributed by atoms with Gasteiger partial charge in [0.05, 0.1) is 0 Å². The van der Waals surface area contributed by atoms with E-state index < -0.39 is 13.3 Å². The summed E-state index contributed by atoms with van der Waals surface area (Å²) in [7, 11) is -4.96. The van der Waals surface area contributed by atoms with Gasteiger partial charge in [0.25, 0.3) is 0 Å². The molecule has 0 bridgehead atoms. The fourth-order valence-electron chi connectivity index (χ4n) is 3.43. The second-order valence-corrected chi connectivity index (χ2v) is 10.7.